The van der Waals surface area contributed by atoms with Crippen LogP contribution in [0, 0.1) is 23.2 Å². The molecule has 1 fully saturated rings. The molecular weight excluding hydrogens is 214 g/mol. The van der Waals surface area contributed by atoms with Crippen molar-refractivity contribution in [2.24, 2.45) is 11.8 Å². The minimum absolute atomic E-state index is 0.106. The van der Waals surface area contributed by atoms with E-state index in [2.05, 4.69) is 13.0 Å². The van der Waals surface area contributed by atoms with Gasteiger partial charge >= 0.3 is 0 Å². The van der Waals surface area contributed by atoms with E-state index in [4.69, 9.17) is 5.26 Å². The number of hydrogen-bond acceptors (Lipinski definition) is 3. The molecule has 3 heteroatoms. The first kappa shape index (κ1) is 14.2. The summed E-state index contributed by atoms with van der Waals surface area (Å²) in [6.45, 7) is 2.15. The number of unbranched alkanes of at least 4 members (excludes halogenated alkanes) is 2. The zero-order chi connectivity index (χ0) is 12.7. The van der Waals surface area contributed by atoms with Crippen LogP contribution in [0.5, 0.6) is 0 Å². The summed E-state index contributed by atoms with van der Waals surface area (Å²) in [4.78, 5) is 11.3. The highest BCUT2D eigenvalue weighted by Crippen LogP contribution is 2.32. The molecule has 0 heterocycles. The van der Waals surface area contributed by atoms with E-state index in [-0.39, 0.29) is 23.7 Å². The van der Waals surface area contributed by atoms with Gasteiger partial charge in [0.05, 0.1) is 18.1 Å². The number of nitriles is 1. The highest BCUT2D eigenvalue weighted by atomic mass is 16.3. The second kappa shape index (κ2) is 7.45. The van der Waals surface area contributed by atoms with Gasteiger partial charge in [-0.25, -0.2) is 0 Å². The minimum atomic E-state index is -0.253. The molecule has 0 bridgehead atoms. The molecule has 1 aliphatic carbocycles. The molecule has 96 valence electrons. The zero-order valence-corrected chi connectivity index (χ0v) is 10.7. The lowest BCUT2D eigenvalue weighted by Crippen LogP contribution is -2.12. The Bertz CT molecular complexity index is 282. The Morgan fingerprint density at radius 2 is 2.18 bits per heavy atom. The van der Waals surface area contributed by atoms with Crippen LogP contribution < -0.4 is 0 Å². The maximum atomic E-state index is 11.3. The van der Waals surface area contributed by atoms with Gasteiger partial charge in [-0.15, -0.1) is 0 Å². The minimum Gasteiger partial charge on any atom is -0.393 e. The number of aliphatic hydroxyl groups is 1. The van der Waals surface area contributed by atoms with Gasteiger partial charge < -0.3 is 5.11 Å². The number of rotatable bonds is 7. The summed E-state index contributed by atoms with van der Waals surface area (Å²) >= 11 is 0. The lowest BCUT2D eigenvalue weighted by molar-refractivity contribution is -0.117. The highest BCUT2D eigenvalue weighted by Gasteiger charge is 2.32. The molecule has 0 aromatic carbocycles. The van der Waals surface area contributed by atoms with Crippen molar-refractivity contribution in [1.82, 2.24) is 0 Å². The number of nitrogens with zero attached hydrogens (tertiary/aromatic N) is 1. The molecule has 1 unspecified atom stereocenters. The van der Waals surface area contributed by atoms with E-state index in [1.54, 1.807) is 0 Å². The SMILES string of the molecule is CCCCCC(O)CC[C@@H]1CC(=O)C[C@H]1C#N. The first-order chi connectivity index (χ1) is 8.17. The molecule has 17 heavy (non-hydrogen) atoms. The van der Waals surface area contributed by atoms with Crippen molar-refractivity contribution in [3.05, 3.63) is 0 Å². The van der Waals surface area contributed by atoms with Gasteiger partial charge in [-0.2, -0.15) is 5.26 Å². The molecule has 1 N–H and O–H groups in total. The van der Waals surface area contributed by atoms with Crippen molar-refractivity contribution >= 4 is 5.78 Å². The van der Waals surface area contributed by atoms with Crippen molar-refractivity contribution in [2.45, 2.75) is 64.4 Å². The third kappa shape index (κ3) is 4.87. The molecule has 0 aliphatic heterocycles. The summed E-state index contributed by atoms with van der Waals surface area (Å²) in [5, 5.41) is 18.7. The first-order valence-corrected chi connectivity index (χ1v) is 6.76. The van der Waals surface area contributed by atoms with Crippen molar-refractivity contribution in [3.8, 4) is 6.07 Å². The average Bonchev–Trinajstić information content (AvgIpc) is 2.67. The largest absolute Gasteiger partial charge is 0.393 e. The number of carbonyl (C=O) groups is 1. The summed E-state index contributed by atoms with van der Waals surface area (Å²) in [7, 11) is 0. The van der Waals surface area contributed by atoms with Gasteiger partial charge in [0.25, 0.3) is 0 Å². The van der Waals surface area contributed by atoms with E-state index < -0.39 is 0 Å². The van der Waals surface area contributed by atoms with E-state index in [0.717, 1.165) is 25.7 Å². The Kier molecular flexibility index (Phi) is 6.21. The first-order valence-electron chi connectivity index (χ1n) is 6.76. The van der Waals surface area contributed by atoms with Gasteiger partial charge in [-0.1, -0.05) is 26.2 Å². The van der Waals surface area contributed by atoms with Crippen LogP contribution in [0.25, 0.3) is 0 Å². The van der Waals surface area contributed by atoms with Gasteiger partial charge in [0.1, 0.15) is 5.78 Å². The van der Waals surface area contributed by atoms with Crippen LogP contribution in [0.15, 0.2) is 0 Å². The molecule has 1 aliphatic rings. The number of carbonyl (C=O) groups excluding carboxylic acids is 1. The van der Waals surface area contributed by atoms with Crippen LogP contribution in [0.4, 0.5) is 0 Å². The molecule has 0 saturated heterocycles. The third-order valence-corrected chi connectivity index (χ3v) is 3.68. The fourth-order valence-electron chi connectivity index (χ4n) is 2.57. The molecular formula is C14H23NO2. The molecule has 0 spiro atoms. The Morgan fingerprint density at radius 3 is 2.82 bits per heavy atom. The summed E-state index contributed by atoms with van der Waals surface area (Å²) in [5.41, 5.74) is 0. The molecule has 1 rings (SSSR count). The molecule has 0 amide bonds. The molecule has 3 nitrogen and oxygen atoms in total. The van der Waals surface area contributed by atoms with Crippen LogP contribution in [0.2, 0.25) is 0 Å². The molecule has 1 saturated carbocycles. The second-order valence-electron chi connectivity index (χ2n) is 5.17. The van der Waals surface area contributed by atoms with Crippen molar-refractivity contribution in [2.75, 3.05) is 0 Å². The zero-order valence-electron chi connectivity index (χ0n) is 10.7. The van der Waals surface area contributed by atoms with Crippen LogP contribution in [-0.2, 0) is 4.79 Å². The number of aliphatic hydroxyl groups excluding tert-OH is 1. The number of hydrogen-bond donors (Lipinski definition) is 1. The standard InChI is InChI=1S/C14H23NO2/c1-2-3-4-5-13(16)7-6-11-8-14(17)9-12(11)10-15/h11-13,16H,2-9H2,1H3/t11-,12+,13?/m1/s1. The van der Waals surface area contributed by atoms with Crippen LogP contribution >= 0.6 is 0 Å². The van der Waals surface area contributed by atoms with E-state index in [0.29, 0.717) is 12.8 Å². The van der Waals surface area contributed by atoms with Crippen molar-refractivity contribution in [3.63, 3.8) is 0 Å². The van der Waals surface area contributed by atoms with Crippen LogP contribution in [-0.4, -0.2) is 17.0 Å². The Morgan fingerprint density at radius 1 is 1.41 bits per heavy atom. The Labute approximate surface area is 104 Å². The second-order valence-corrected chi connectivity index (χ2v) is 5.17. The monoisotopic (exact) mass is 237 g/mol. The van der Waals surface area contributed by atoms with Crippen LogP contribution in [0.1, 0.15) is 58.3 Å². The molecule has 0 radical (unpaired) electrons. The predicted octanol–water partition coefficient (Wildman–Crippen LogP) is 2.83. The lowest BCUT2D eigenvalue weighted by Gasteiger charge is -2.15. The van der Waals surface area contributed by atoms with Crippen molar-refractivity contribution in [1.29, 1.82) is 5.26 Å². The normalized spacial score (nSPS) is 25.8. The van der Waals surface area contributed by atoms with Gasteiger partial charge in [0, 0.05) is 12.8 Å². The highest BCUT2D eigenvalue weighted by molar-refractivity contribution is 5.81. The quantitative estimate of drug-likeness (QED) is 0.692. The number of Topliss-reactive ketones (excluding diaryl/α,β-unsaturated/α-hetero) is 1. The van der Waals surface area contributed by atoms with E-state index in [1.807, 2.05) is 0 Å². The van der Waals surface area contributed by atoms with E-state index >= 15 is 0 Å². The van der Waals surface area contributed by atoms with Gasteiger partial charge in [0.2, 0.25) is 0 Å². The summed E-state index contributed by atoms with van der Waals surface area (Å²) in [6, 6.07) is 2.22. The van der Waals surface area contributed by atoms with Gasteiger partial charge in [-0.3, -0.25) is 4.79 Å². The maximum absolute atomic E-state index is 11.3. The third-order valence-electron chi connectivity index (χ3n) is 3.68. The average molecular weight is 237 g/mol. The van der Waals surface area contributed by atoms with Gasteiger partial charge in [0.15, 0.2) is 0 Å². The molecule has 0 aromatic heterocycles. The summed E-state index contributed by atoms with van der Waals surface area (Å²) < 4.78 is 0. The fraction of sp³-hybridized carbons (Fsp3) is 0.857. The Hall–Kier alpha value is -0.880. The van der Waals surface area contributed by atoms with E-state index in [9.17, 15) is 9.90 Å². The molecule has 3 atom stereocenters. The fourth-order valence-corrected chi connectivity index (χ4v) is 2.57. The topological polar surface area (TPSA) is 61.1 Å². The maximum Gasteiger partial charge on any atom is 0.134 e. The van der Waals surface area contributed by atoms with Crippen molar-refractivity contribution < 1.29 is 9.90 Å². The smallest absolute Gasteiger partial charge is 0.134 e. The summed E-state index contributed by atoms with van der Waals surface area (Å²) in [6.07, 6.45) is 6.52. The summed E-state index contributed by atoms with van der Waals surface area (Å²) in [5.74, 6) is 0.292. The Balaban J connectivity index is 2.21. The lowest BCUT2D eigenvalue weighted by atomic mass is 9.91. The van der Waals surface area contributed by atoms with Crippen LogP contribution in [0.3, 0.4) is 0 Å². The number of ketones is 1. The predicted molar refractivity (Wildman–Crippen MR) is 66.2 cm³/mol. The van der Waals surface area contributed by atoms with Gasteiger partial charge in [-0.05, 0) is 25.2 Å². The van der Waals surface area contributed by atoms with E-state index in [1.165, 1.54) is 12.8 Å². The molecule has 0 aromatic rings.